The van der Waals surface area contributed by atoms with Crippen molar-refractivity contribution in [1.29, 1.82) is 0 Å². The SMILES string of the molecule is CC(CC=O)NC(=O)CNC(=O)C(NC(=O)C(C)N)C(C)O. The predicted molar refractivity (Wildman–Crippen MR) is 78.6 cm³/mol. The van der Waals surface area contributed by atoms with Gasteiger partial charge in [0.1, 0.15) is 12.3 Å². The number of aliphatic hydroxyl groups is 1. The Morgan fingerprint density at radius 1 is 1.14 bits per heavy atom. The molecule has 9 nitrogen and oxygen atoms in total. The van der Waals surface area contributed by atoms with Crippen LogP contribution < -0.4 is 21.7 Å². The molecule has 0 saturated heterocycles. The van der Waals surface area contributed by atoms with Crippen LogP contribution in [0.15, 0.2) is 0 Å². The summed E-state index contributed by atoms with van der Waals surface area (Å²) in [7, 11) is 0. The Bertz CT molecular complexity index is 411. The summed E-state index contributed by atoms with van der Waals surface area (Å²) in [5, 5.41) is 16.6. The lowest BCUT2D eigenvalue weighted by molar-refractivity contribution is -0.133. The van der Waals surface area contributed by atoms with Crippen molar-refractivity contribution in [3.05, 3.63) is 0 Å². The number of rotatable bonds is 9. The van der Waals surface area contributed by atoms with Gasteiger partial charge in [0.25, 0.3) is 0 Å². The maximum atomic E-state index is 11.9. The lowest BCUT2D eigenvalue weighted by Gasteiger charge is -2.22. The van der Waals surface area contributed by atoms with Crippen molar-refractivity contribution in [1.82, 2.24) is 16.0 Å². The maximum absolute atomic E-state index is 11.9. The number of hydrogen-bond donors (Lipinski definition) is 5. The van der Waals surface area contributed by atoms with Crippen LogP contribution in [-0.4, -0.2) is 59.9 Å². The first kappa shape index (κ1) is 20.0. The van der Waals surface area contributed by atoms with E-state index in [0.717, 1.165) is 0 Å². The van der Waals surface area contributed by atoms with E-state index < -0.39 is 35.9 Å². The Balaban J connectivity index is 4.43. The van der Waals surface area contributed by atoms with E-state index in [0.29, 0.717) is 6.29 Å². The summed E-state index contributed by atoms with van der Waals surface area (Å²) in [6.45, 7) is 4.08. The molecule has 6 N–H and O–H groups in total. The molecule has 0 aliphatic heterocycles. The number of nitrogens with two attached hydrogens (primary N) is 1. The number of carbonyl (C=O) groups is 4. The molecule has 4 atom stereocenters. The van der Waals surface area contributed by atoms with Crippen molar-refractivity contribution < 1.29 is 24.3 Å². The second-order valence-electron chi connectivity index (χ2n) is 5.10. The third kappa shape index (κ3) is 7.70. The third-order valence-corrected chi connectivity index (χ3v) is 2.76. The molecule has 3 amide bonds. The molecule has 0 saturated carbocycles. The van der Waals surface area contributed by atoms with Gasteiger partial charge >= 0.3 is 0 Å². The van der Waals surface area contributed by atoms with E-state index in [2.05, 4.69) is 16.0 Å². The largest absolute Gasteiger partial charge is 0.391 e. The first-order chi connectivity index (χ1) is 10.2. The highest BCUT2D eigenvalue weighted by atomic mass is 16.3. The summed E-state index contributed by atoms with van der Waals surface area (Å²) in [5.74, 6) is -1.78. The average molecular weight is 316 g/mol. The molecule has 0 spiro atoms. The molecular weight excluding hydrogens is 292 g/mol. The van der Waals surface area contributed by atoms with E-state index in [-0.39, 0.29) is 19.0 Å². The molecule has 0 aromatic rings. The van der Waals surface area contributed by atoms with Gasteiger partial charge in [-0.1, -0.05) is 0 Å². The first-order valence-electron chi connectivity index (χ1n) is 6.93. The molecule has 0 aromatic heterocycles. The second kappa shape index (κ2) is 9.85. The number of amides is 3. The summed E-state index contributed by atoms with van der Waals surface area (Å²) < 4.78 is 0. The van der Waals surface area contributed by atoms with Crippen molar-refractivity contribution in [3.63, 3.8) is 0 Å². The number of aldehydes is 1. The van der Waals surface area contributed by atoms with Gasteiger partial charge in [0, 0.05) is 12.5 Å². The Morgan fingerprint density at radius 3 is 2.18 bits per heavy atom. The Labute approximate surface area is 129 Å². The van der Waals surface area contributed by atoms with Gasteiger partial charge < -0.3 is 31.6 Å². The number of carbonyl (C=O) groups excluding carboxylic acids is 4. The standard InChI is InChI=1S/C13H24N4O5/c1-7(4-5-18)16-10(20)6-15-13(22)11(9(3)19)17-12(21)8(2)14/h5,7-9,11,19H,4,6,14H2,1-3H3,(H,15,22)(H,16,20)(H,17,21). The minimum Gasteiger partial charge on any atom is -0.391 e. The van der Waals surface area contributed by atoms with Gasteiger partial charge in [-0.15, -0.1) is 0 Å². The lowest BCUT2D eigenvalue weighted by atomic mass is 10.1. The molecule has 0 heterocycles. The van der Waals surface area contributed by atoms with Crippen LogP contribution in [0.4, 0.5) is 0 Å². The van der Waals surface area contributed by atoms with Gasteiger partial charge in [0.05, 0.1) is 18.7 Å². The topological polar surface area (TPSA) is 151 Å². The molecule has 9 heteroatoms. The van der Waals surface area contributed by atoms with E-state index in [4.69, 9.17) is 5.73 Å². The van der Waals surface area contributed by atoms with Crippen LogP contribution in [0.1, 0.15) is 27.2 Å². The molecule has 0 rings (SSSR count). The fourth-order valence-corrected chi connectivity index (χ4v) is 1.50. The van der Waals surface area contributed by atoms with E-state index >= 15 is 0 Å². The number of hydrogen-bond acceptors (Lipinski definition) is 6. The zero-order valence-electron chi connectivity index (χ0n) is 13.0. The van der Waals surface area contributed by atoms with Gasteiger partial charge in [-0.25, -0.2) is 0 Å². The van der Waals surface area contributed by atoms with Gasteiger partial charge in [-0.2, -0.15) is 0 Å². The van der Waals surface area contributed by atoms with Crippen LogP contribution in [0.5, 0.6) is 0 Å². The van der Waals surface area contributed by atoms with Gasteiger partial charge in [-0.05, 0) is 20.8 Å². The number of aliphatic hydroxyl groups excluding tert-OH is 1. The molecule has 126 valence electrons. The molecule has 4 unspecified atom stereocenters. The van der Waals surface area contributed by atoms with E-state index in [9.17, 15) is 24.3 Å². The molecule has 0 fully saturated rings. The van der Waals surface area contributed by atoms with Crippen LogP contribution in [0.25, 0.3) is 0 Å². The molecule has 0 aromatic carbocycles. The normalized spacial score (nSPS) is 15.9. The van der Waals surface area contributed by atoms with Crippen LogP contribution in [0.2, 0.25) is 0 Å². The third-order valence-electron chi connectivity index (χ3n) is 2.76. The molecule has 0 aliphatic carbocycles. The lowest BCUT2D eigenvalue weighted by Crippen LogP contribution is -2.56. The van der Waals surface area contributed by atoms with Crippen LogP contribution in [0.3, 0.4) is 0 Å². The van der Waals surface area contributed by atoms with Crippen molar-refractivity contribution in [2.24, 2.45) is 5.73 Å². The van der Waals surface area contributed by atoms with Crippen molar-refractivity contribution >= 4 is 24.0 Å². The van der Waals surface area contributed by atoms with Gasteiger partial charge in [0.15, 0.2) is 0 Å². The predicted octanol–water partition coefficient (Wildman–Crippen LogP) is -2.59. The molecule has 0 bridgehead atoms. The monoisotopic (exact) mass is 316 g/mol. The highest BCUT2D eigenvalue weighted by molar-refractivity contribution is 5.92. The Kier molecular flexibility index (Phi) is 8.95. The smallest absolute Gasteiger partial charge is 0.245 e. The fraction of sp³-hybridized carbons (Fsp3) is 0.692. The van der Waals surface area contributed by atoms with Crippen molar-refractivity contribution in [2.75, 3.05) is 6.54 Å². The second-order valence-corrected chi connectivity index (χ2v) is 5.10. The first-order valence-corrected chi connectivity index (χ1v) is 6.93. The van der Waals surface area contributed by atoms with Crippen molar-refractivity contribution in [2.45, 2.75) is 51.4 Å². The van der Waals surface area contributed by atoms with E-state index in [1.165, 1.54) is 13.8 Å². The maximum Gasteiger partial charge on any atom is 0.245 e. The van der Waals surface area contributed by atoms with Crippen LogP contribution in [-0.2, 0) is 19.2 Å². The summed E-state index contributed by atoms with van der Waals surface area (Å²) in [6, 6.07) is -2.38. The average Bonchev–Trinajstić information content (AvgIpc) is 2.41. The summed E-state index contributed by atoms with van der Waals surface area (Å²) in [4.78, 5) is 45.2. The van der Waals surface area contributed by atoms with Gasteiger partial charge in [-0.3, -0.25) is 14.4 Å². The summed E-state index contributed by atoms with van der Waals surface area (Å²) in [5.41, 5.74) is 5.37. The van der Waals surface area contributed by atoms with Crippen LogP contribution in [0, 0.1) is 0 Å². The summed E-state index contributed by atoms with van der Waals surface area (Å²) in [6.07, 6.45) is -0.309. The summed E-state index contributed by atoms with van der Waals surface area (Å²) >= 11 is 0. The highest BCUT2D eigenvalue weighted by Gasteiger charge is 2.26. The quantitative estimate of drug-likeness (QED) is 0.294. The van der Waals surface area contributed by atoms with Gasteiger partial charge in [0.2, 0.25) is 17.7 Å². The molecular formula is C13H24N4O5. The zero-order chi connectivity index (χ0) is 17.3. The van der Waals surface area contributed by atoms with E-state index in [1.54, 1.807) is 6.92 Å². The highest BCUT2D eigenvalue weighted by Crippen LogP contribution is 1.94. The zero-order valence-corrected chi connectivity index (χ0v) is 13.0. The number of nitrogens with one attached hydrogen (secondary N) is 3. The molecule has 22 heavy (non-hydrogen) atoms. The molecule has 0 aliphatic rings. The van der Waals surface area contributed by atoms with E-state index in [1.807, 2.05) is 0 Å². The van der Waals surface area contributed by atoms with Crippen LogP contribution >= 0.6 is 0 Å². The Morgan fingerprint density at radius 2 is 1.73 bits per heavy atom. The Hall–Kier alpha value is -2.00. The minimum atomic E-state index is -1.21. The van der Waals surface area contributed by atoms with Crippen molar-refractivity contribution in [3.8, 4) is 0 Å². The minimum absolute atomic E-state index is 0.167. The molecule has 0 radical (unpaired) electrons. The fourth-order valence-electron chi connectivity index (χ4n) is 1.50.